The molecule has 0 saturated heterocycles. The van der Waals surface area contributed by atoms with Crippen molar-refractivity contribution in [2.24, 2.45) is 7.05 Å². The standard InChI is InChI=1S/C19H19ClN4OS2/c1-24-17(12-26-11-14-7-5-6-10-16(14)20)22-23-19(24)27-13-18(25)21-15-8-3-2-4-9-15/h2-10H,11-13H2,1H3,(H,21,25). The molecule has 3 aromatic rings. The molecule has 0 aliphatic carbocycles. The lowest BCUT2D eigenvalue weighted by Crippen LogP contribution is -2.14. The molecule has 0 unspecified atom stereocenters. The molecule has 0 atom stereocenters. The second-order valence-electron chi connectivity index (χ2n) is 5.74. The van der Waals surface area contributed by atoms with Gasteiger partial charge in [0.1, 0.15) is 5.82 Å². The monoisotopic (exact) mass is 418 g/mol. The van der Waals surface area contributed by atoms with E-state index in [0.717, 1.165) is 38.8 Å². The summed E-state index contributed by atoms with van der Waals surface area (Å²) in [6.45, 7) is 0. The third kappa shape index (κ3) is 5.76. The molecule has 27 heavy (non-hydrogen) atoms. The van der Waals surface area contributed by atoms with E-state index in [2.05, 4.69) is 15.5 Å². The fourth-order valence-electron chi connectivity index (χ4n) is 2.31. The van der Waals surface area contributed by atoms with Gasteiger partial charge >= 0.3 is 0 Å². The van der Waals surface area contributed by atoms with Gasteiger partial charge in [0.2, 0.25) is 5.91 Å². The number of halogens is 1. The van der Waals surface area contributed by atoms with Gasteiger partial charge in [-0.2, -0.15) is 0 Å². The first kappa shape index (κ1) is 19.8. The third-order valence-electron chi connectivity index (χ3n) is 3.76. The largest absolute Gasteiger partial charge is 0.325 e. The molecule has 5 nitrogen and oxygen atoms in total. The Kier molecular flexibility index (Phi) is 7.20. The number of thioether (sulfide) groups is 2. The Morgan fingerprint density at radius 3 is 2.59 bits per heavy atom. The van der Waals surface area contributed by atoms with Crippen molar-refractivity contribution in [1.29, 1.82) is 0 Å². The van der Waals surface area contributed by atoms with Crippen LogP contribution in [0.3, 0.4) is 0 Å². The summed E-state index contributed by atoms with van der Waals surface area (Å²) in [5.74, 6) is 2.63. The van der Waals surface area contributed by atoms with Crippen LogP contribution in [0.5, 0.6) is 0 Å². The van der Waals surface area contributed by atoms with E-state index < -0.39 is 0 Å². The molecule has 8 heteroatoms. The summed E-state index contributed by atoms with van der Waals surface area (Å²) >= 11 is 9.29. The fourth-order valence-corrected chi connectivity index (χ4v) is 4.33. The number of carbonyl (C=O) groups is 1. The van der Waals surface area contributed by atoms with Gasteiger partial charge < -0.3 is 9.88 Å². The van der Waals surface area contributed by atoms with Crippen LogP contribution in [0.2, 0.25) is 5.02 Å². The predicted octanol–water partition coefficient (Wildman–Crippen LogP) is 4.63. The molecule has 1 aromatic heterocycles. The Morgan fingerprint density at radius 2 is 1.81 bits per heavy atom. The Hall–Kier alpha value is -1.96. The van der Waals surface area contributed by atoms with Gasteiger partial charge in [-0.25, -0.2) is 0 Å². The van der Waals surface area contributed by atoms with E-state index in [9.17, 15) is 4.79 Å². The molecule has 0 aliphatic rings. The molecule has 0 bridgehead atoms. The quantitative estimate of drug-likeness (QED) is 0.540. The first-order chi connectivity index (χ1) is 13.1. The molecule has 0 fully saturated rings. The highest BCUT2D eigenvalue weighted by atomic mass is 35.5. The summed E-state index contributed by atoms with van der Waals surface area (Å²) in [6, 6.07) is 17.2. The minimum absolute atomic E-state index is 0.0659. The number of para-hydroxylation sites is 1. The van der Waals surface area contributed by atoms with Gasteiger partial charge in [-0.1, -0.05) is 59.8 Å². The summed E-state index contributed by atoms with van der Waals surface area (Å²) in [5.41, 5.74) is 1.90. The van der Waals surface area contributed by atoms with Crippen LogP contribution >= 0.6 is 35.1 Å². The van der Waals surface area contributed by atoms with Crippen LogP contribution in [0.1, 0.15) is 11.4 Å². The highest BCUT2D eigenvalue weighted by molar-refractivity contribution is 7.99. The van der Waals surface area contributed by atoms with Gasteiger partial charge in [0.25, 0.3) is 0 Å². The maximum atomic E-state index is 12.1. The average molecular weight is 419 g/mol. The summed E-state index contributed by atoms with van der Waals surface area (Å²) in [6.07, 6.45) is 0. The smallest absolute Gasteiger partial charge is 0.234 e. The molecule has 0 radical (unpaired) electrons. The Balaban J connectivity index is 1.48. The lowest BCUT2D eigenvalue weighted by molar-refractivity contribution is -0.113. The zero-order valence-electron chi connectivity index (χ0n) is 14.8. The number of carbonyl (C=O) groups excluding carboxylic acids is 1. The molecule has 0 saturated carbocycles. The number of amides is 1. The number of anilines is 1. The molecule has 2 aromatic carbocycles. The number of hydrogen-bond acceptors (Lipinski definition) is 5. The summed E-state index contributed by atoms with van der Waals surface area (Å²) in [7, 11) is 1.92. The predicted molar refractivity (Wildman–Crippen MR) is 113 cm³/mol. The topological polar surface area (TPSA) is 59.8 Å². The van der Waals surface area contributed by atoms with Gasteiger partial charge in [-0.3, -0.25) is 4.79 Å². The zero-order chi connectivity index (χ0) is 19.1. The third-order valence-corrected chi connectivity index (χ3v) is 6.13. The molecule has 1 amide bonds. The lowest BCUT2D eigenvalue weighted by atomic mass is 10.2. The van der Waals surface area contributed by atoms with Crippen molar-refractivity contribution in [3.8, 4) is 0 Å². The number of rotatable bonds is 8. The zero-order valence-corrected chi connectivity index (χ0v) is 17.2. The minimum atomic E-state index is -0.0659. The van der Waals surface area contributed by atoms with Gasteiger partial charge in [-0.05, 0) is 23.8 Å². The minimum Gasteiger partial charge on any atom is -0.325 e. The highest BCUT2D eigenvalue weighted by Gasteiger charge is 2.12. The lowest BCUT2D eigenvalue weighted by Gasteiger charge is -2.06. The van der Waals surface area contributed by atoms with Crippen molar-refractivity contribution < 1.29 is 4.79 Å². The van der Waals surface area contributed by atoms with Crippen LogP contribution < -0.4 is 5.32 Å². The van der Waals surface area contributed by atoms with E-state index in [1.807, 2.05) is 66.2 Å². The van der Waals surface area contributed by atoms with Crippen molar-refractivity contribution >= 4 is 46.7 Å². The first-order valence-corrected chi connectivity index (χ1v) is 10.8. The van der Waals surface area contributed by atoms with Gasteiger partial charge in [-0.15, -0.1) is 22.0 Å². The number of hydrogen-bond donors (Lipinski definition) is 1. The van der Waals surface area contributed by atoms with Crippen LogP contribution in [-0.4, -0.2) is 26.4 Å². The highest BCUT2D eigenvalue weighted by Crippen LogP contribution is 2.24. The van der Waals surface area contributed by atoms with Gasteiger partial charge in [0.05, 0.1) is 11.5 Å². The van der Waals surface area contributed by atoms with E-state index in [1.165, 1.54) is 11.8 Å². The Bertz CT molecular complexity index is 902. The van der Waals surface area contributed by atoms with Crippen LogP contribution in [0.25, 0.3) is 0 Å². The van der Waals surface area contributed by atoms with E-state index in [-0.39, 0.29) is 11.7 Å². The summed E-state index contributed by atoms with van der Waals surface area (Å²) in [5, 5.41) is 12.8. The molecule has 1 N–H and O–H groups in total. The maximum absolute atomic E-state index is 12.1. The van der Waals surface area contributed by atoms with Crippen molar-refractivity contribution in [2.45, 2.75) is 16.7 Å². The molecular formula is C19H19ClN4OS2. The molecule has 3 rings (SSSR count). The fraction of sp³-hybridized carbons (Fsp3) is 0.211. The van der Waals surface area contributed by atoms with Gasteiger partial charge in [0, 0.05) is 23.5 Å². The SMILES string of the molecule is Cn1c(CSCc2ccccc2Cl)nnc1SCC(=O)Nc1ccccc1. The summed E-state index contributed by atoms with van der Waals surface area (Å²) in [4.78, 5) is 12.1. The average Bonchev–Trinajstić information content (AvgIpc) is 3.02. The Morgan fingerprint density at radius 1 is 1.07 bits per heavy atom. The van der Waals surface area contributed by atoms with Crippen molar-refractivity contribution in [2.75, 3.05) is 11.1 Å². The number of aromatic nitrogens is 3. The Labute approximate surface area is 171 Å². The second-order valence-corrected chi connectivity index (χ2v) is 8.08. The van der Waals surface area contributed by atoms with Crippen LogP contribution in [0.15, 0.2) is 59.8 Å². The van der Waals surface area contributed by atoms with Crippen molar-refractivity contribution in [1.82, 2.24) is 14.8 Å². The van der Waals surface area contributed by atoms with E-state index in [0.29, 0.717) is 0 Å². The second kappa shape index (κ2) is 9.82. The van der Waals surface area contributed by atoms with Crippen LogP contribution in [0.4, 0.5) is 5.69 Å². The van der Waals surface area contributed by atoms with E-state index >= 15 is 0 Å². The molecular weight excluding hydrogens is 400 g/mol. The maximum Gasteiger partial charge on any atom is 0.234 e. The molecule has 0 spiro atoms. The van der Waals surface area contributed by atoms with Crippen molar-refractivity contribution in [3.63, 3.8) is 0 Å². The number of nitrogens with one attached hydrogen (secondary N) is 1. The number of benzene rings is 2. The number of nitrogens with zero attached hydrogens (tertiary/aromatic N) is 3. The molecule has 1 heterocycles. The molecule has 0 aliphatic heterocycles. The van der Waals surface area contributed by atoms with E-state index in [4.69, 9.17) is 11.6 Å². The first-order valence-electron chi connectivity index (χ1n) is 8.30. The van der Waals surface area contributed by atoms with Crippen molar-refractivity contribution in [3.05, 3.63) is 71.0 Å². The van der Waals surface area contributed by atoms with Crippen LogP contribution in [0, 0.1) is 0 Å². The summed E-state index contributed by atoms with van der Waals surface area (Å²) < 4.78 is 1.93. The molecule has 140 valence electrons. The van der Waals surface area contributed by atoms with Crippen LogP contribution in [-0.2, 0) is 23.3 Å². The van der Waals surface area contributed by atoms with Gasteiger partial charge in [0.15, 0.2) is 5.16 Å². The normalized spacial score (nSPS) is 10.7. The van der Waals surface area contributed by atoms with E-state index in [1.54, 1.807) is 11.8 Å².